The number of ether oxygens (including phenoxy) is 1. The number of nitrogens with one attached hydrogen (secondary N) is 1. The van der Waals surface area contributed by atoms with Crippen molar-refractivity contribution in [2.75, 3.05) is 12.3 Å². The van der Waals surface area contributed by atoms with E-state index in [0.29, 0.717) is 23.8 Å². The number of rotatable bonds is 5. The first kappa shape index (κ1) is 16.8. The van der Waals surface area contributed by atoms with Crippen LogP contribution in [0, 0.1) is 19.3 Å². The Morgan fingerprint density at radius 1 is 1.13 bits per heavy atom. The number of nitrogens with zero attached hydrogens (tertiary/aromatic N) is 1. The van der Waals surface area contributed by atoms with Crippen LogP contribution in [-0.4, -0.2) is 18.0 Å². The first-order chi connectivity index (χ1) is 10.9. The summed E-state index contributed by atoms with van der Waals surface area (Å²) in [4.78, 5) is 4.63. The number of anilines is 1. The Hall–Kier alpha value is -2.56. The molecule has 5 N–H and O–H groups in total. The molecule has 1 aliphatic rings. The van der Waals surface area contributed by atoms with Gasteiger partial charge in [0.2, 0.25) is 0 Å². The molecule has 0 aliphatic heterocycles. The van der Waals surface area contributed by atoms with Crippen LogP contribution in [0.25, 0.3) is 0 Å². The van der Waals surface area contributed by atoms with Crippen molar-refractivity contribution in [3.05, 3.63) is 46.9 Å². The number of unbranched alkanes of at least 4 members (excludes halogenated alkanes) is 1. The molecule has 0 atom stereocenters. The zero-order chi connectivity index (χ0) is 17.0. The van der Waals surface area contributed by atoms with E-state index in [1.165, 1.54) is 0 Å². The third-order valence-corrected chi connectivity index (χ3v) is 3.93. The van der Waals surface area contributed by atoms with Crippen molar-refractivity contribution in [2.24, 2.45) is 10.7 Å². The van der Waals surface area contributed by atoms with Gasteiger partial charge in [0.25, 0.3) is 0 Å². The summed E-state index contributed by atoms with van der Waals surface area (Å²) in [5.74, 6) is 0.510. The lowest BCUT2D eigenvalue weighted by molar-refractivity contribution is 0.226. The molecule has 0 heterocycles. The van der Waals surface area contributed by atoms with E-state index in [-0.39, 0.29) is 5.71 Å². The van der Waals surface area contributed by atoms with Crippen molar-refractivity contribution < 1.29 is 4.74 Å². The monoisotopic (exact) mass is 312 g/mol. The van der Waals surface area contributed by atoms with E-state index in [1.807, 2.05) is 26.0 Å². The van der Waals surface area contributed by atoms with Crippen molar-refractivity contribution in [1.29, 1.82) is 5.41 Å². The van der Waals surface area contributed by atoms with Crippen LogP contribution in [0.1, 0.15) is 30.9 Å². The number of nitrogen functional groups attached to an aromatic ring is 1. The molecule has 0 saturated carbocycles. The molecule has 5 nitrogen and oxygen atoms in total. The van der Waals surface area contributed by atoms with Crippen molar-refractivity contribution in [3.63, 3.8) is 0 Å². The van der Waals surface area contributed by atoms with Gasteiger partial charge in [-0.25, -0.2) is 4.99 Å². The van der Waals surface area contributed by atoms with Gasteiger partial charge in [-0.3, -0.25) is 5.41 Å². The minimum absolute atomic E-state index is 0.280. The molecule has 1 aromatic carbocycles. The lowest BCUT2D eigenvalue weighted by Crippen LogP contribution is -2.20. The van der Waals surface area contributed by atoms with Gasteiger partial charge >= 0.3 is 0 Å². The molecule has 0 amide bonds. The summed E-state index contributed by atoms with van der Waals surface area (Å²) in [6.45, 7) is 6.64. The zero-order valence-electron chi connectivity index (χ0n) is 13.9. The zero-order valence-corrected chi connectivity index (χ0v) is 13.9. The smallest absolute Gasteiger partial charge is 0.146 e. The molecule has 0 fully saturated rings. The highest BCUT2D eigenvalue weighted by Gasteiger charge is 2.16. The number of aliphatic imine (C=N–C) groups is 1. The van der Waals surface area contributed by atoms with Gasteiger partial charge in [0.05, 0.1) is 29.4 Å². The highest BCUT2D eigenvalue weighted by molar-refractivity contribution is 6.22. The Morgan fingerprint density at radius 3 is 2.57 bits per heavy atom. The molecular weight excluding hydrogens is 288 g/mol. The standard InChI is InChI=1S/C18H24N4O/c1-4-5-8-23-18-10-17(14(20)9-15(18)21)22-16-7-6-13(19)11(2)12(16)3/h6-7,9-10,21H,4-5,8,19-20H2,1-3H3/b21-15?,22-17+. The maximum absolute atomic E-state index is 7.96. The summed E-state index contributed by atoms with van der Waals surface area (Å²) < 4.78 is 5.66. The van der Waals surface area contributed by atoms with Crippen LogP contribution in [0.15, 0.2) is 40.7 Å². The van der Waals surface area contributed by atoms with Gasteiger partial charge in [0.1, 0.15) is 5.76 Å². The van der Waals surface area contributed by atoms with Crippen molar-refractivity contribution in [3.8, 4) is 0 Å². The van der Waals surface area contributed by atoms with E-state index in [4.69, 9.17) is 21.6 Å². The average Bonchev–Trinajstić information content (AvgIpc) is 2.52. The Morgan fingerprint density at radius 2 is 1.87 bits per heavy atom. The predicted molar refractivity (Wildman–Crippen MR) is 96.4 cm³/mol. The van der Waals surface area contributed by atoms with Gasteiger partial charge in [-0.05, 0) is 49.6 Å². The predicted octanol–water partition coefficient (Wildman–Crippen LogP) is 3.53. The number of allylic oxidation sites excluding steroid dienone is 2. The number of benzene rings is 1. The fourth-order valence-corrected chi connectivity index (χ4v) is 2.21. The quantitative estimate of drug-likeness (QED) is 0.440. The van der Waals surface area contributed by atoms with Gasteiger partial charge in [-0.1, -0.05) is 13.3 Å². The highest BCUT2D eigenvalue weighted by Crippen LogP contribution is 2.27. The normalized spacial score (nSPS) is 16.3. The van der Waals surface area contributed by atoms with Crippen molar-refractivity contribution in [1.82, 2.24) is 0 Å². The van der Waals surface area contributed by atoms with Crippen molar-refractivity contribution in [2.45, 2.75) is 33.6 Å². The van der Waals surface area contributed by atoms with Gasteiger partial charge in [0, 0.05) is 11.8 Å². The number of hydrogen-bond acceptors (Lipinski definition) is 5. The fourth-order valence-electron chi connectivity index (χ4n) is 2.21. The van der Waals surface area contributed by atoms with Gasteiger partial charge < -0.3 is 16.2 Å². The lowest BCUT2D eigenvalue weighted by atomic mass is 10.0. The maximum atomic E-state index is 7.96. The van der Waals surface area contributed by atoms with Crippen LogP contribution in [0.5, 0.6) is 0 Å². The molecule has 2 rings (SSSR count). The molecule has 0 unspecified atom stereocenters. The van der Waals surface area contributed by atoms with Crippen LogP contribution >= 0.6 is 0 Å². The van der Waals surface area contributed by atoms with Gasteiger partial charge in [-0.15, -0.1) is 0 Å². The third kappa shape index (κ3) is 3.80. The Balaban J connectivity index is 2.34. The van der Waals surface area contributed by atoms with Crippen LogP contribution in [-0.2, 0) is 4.74 Å². The molecule has 0 aromatic heterocycles. The van der Waals surface area contributed by atoms with E-state index >= 15 is 0 Å². The van der Waals surface area contributed by atoms with E-state index in [1.54, 1.807) is 12.2 Å². The van der Waals surface area contributed by atoms with Crippen molar-refractivity contribution >= 4 is 22.8 Å². The second-order valence-corrected chi connectivity index (χ2v) is 5.64. The minimum Gasteiger partial charge on any atom is -0.491 e. The van der Waals surface area contributed by atoms with E-state index in [2.05, 4.69) is 11.9 Å². The molecule has 0 bridgehead atoms. The SMILES string of the molecule is CCCCOC1=C/C(=N\c2ccc(N)c(C)c2C)C(N)=CC1=N. The summed E-state index contributed by atoms with van der Waals surface area (Å²) in [5.41, 5.74) is 16.9. The van der Waals surface area contributed by atoms with Crippen LogP contribution in [0.2, 0.25) is 0 Å². The molecule has 5 heteroatoms. The summed E-state index contributed by atoms with van der Waals surface area (Å²) in [6, 6.07) is 3.72. The molecule has 0 radical (unpaired) electrons. The van der Waals surface area contributed by atoms with Crippen LogP contribution in [0.4, 0.5) is 11.4 Å². The van der Waals surface area contributed by atoms with Crippen LogP contribution in [0.3, 0.4) is 0 Å². The van der Waals surface area contributed by atoms with Crippen LogP contribution < -0.4 is 11.5 Å². The van der Waals surface area contributed by atoms with E-state index < -0.39 is 0 Å². The summed E-state index contributed by atoms with van der Waals surface area (Å²) in [5, 5.41) is 7.96. The minimum atomic E-state index is 0.280. The molecule has 122 valence electrons. The molecule has 1 aromatic rings. The van der Waals surface area contributed by atoms with Gasteiger partial charge in [-0.2, -0.15) is 0 Å². The largest absolute Gasteiger partial charge is 0.491 e. The summed E-state index contributed by atoms with van der Waals surface area (Å²) in [7, 11) is 0. The molecule has 23 heavy (non-hydrogen) atoms. The second kappa shape index (κ2) is 7.13. The Labute approximate surface area is 137 Å². The average molecular weight is 312 g/mol. The Kier molecular flexibility index (Phi) is 5.21. The van der Waals surface area contributed by atoms with E-state index in [0.717, 1.165) is 35.3 Å². The fraction of sp³-hybridized carbons (Fsp3) is 0.333. The molecule has 0 saturated heterocycles. The second-order valence-electron chi connectivity index (χ2n) is 5.64. The third-order valence-electron chi connectivity index (χ3n) is 3.93. The number of nitrogens with two attached hydrogens (primary N) is 2. The number of hydrogen-bond donors (Lipinski definition) is 3. The first-order valence-electron chi connectivity index (χ1n) is 7.79. The summed E-state index contributed by atoms with van der Waals surface area (Å²) in [6.07, 6.45) is 5.31. The Bertz CT molecular complexity index is 714. The molecular formula is C18H24N4O. The summed E-state index contributed by atoms with van der Waals surface area (Å²) >= 11 is 0. The maximum Gasteiger partial charge on any atom is 0.146 e. The van der Waals surface area contributed by atoms with E-state index in [9.17, 15) is 0 Å². The highest BCUT2D eigenvalue weighted by atomic mass is 16.5. The van der Waals surface area contributed by atoms with Gasteiger partial charge in [0.15, 0.2) is 0 Å². The molecule has 0 spiro atoms. The molecule has 1 aliphatic carbocycles. The lowest BCUT2D eigenvalue weighted by Gasteiger charge is -2.16. The first-order valence-corrected chi connectivity index (χ1v) is 7.79. The topological polar surface area (TPSA) is 97.5 Å².